The summed E-state index contributed by atoms with van der Waals surface area (Å²) in [4.78, 5) is 4.61. The third-order valence-corrected chi connectivity index (χ3v) is 3.50. The van der Waals surface area contributed by atoms with E-state index in [0.29, 0.717) is 5.92 Å². The van der Waals surface area contributed by atoms with E-state index < -0.39 is 0 Å². The summed E-state index contributed by atoms with van der Waals surface area (Å²) >= 11 is 0. The van der Waals surface area contributed by atoms with E-state index in [1.54, 1.807) is 0 Å². The number of hydrogen-bond acceptors (Lipinski definition) is 3. The number of aromatic nitrogens is 3. The Morgan fingerprint density at radius 3 is 2.94 bits per heavy atom. The molecule has 1 saturated heterocycles. The van der Waals surface area contributed by atoms with E-state index in [1.165, 1.54) is 0 Å². The highest BCUT2D eigenvalue weighted by atomic mass is 16.5. The minimum atomic E-state index is 0.279. The standard InChI is InChI=1S/C14H17N3O/c1-2-12-11(8-9-18-12)14-15-13(16-17-14)10-6-4-3-5-7-10/h3-7,11-12H,2,8-9H2,1H3,(H,15,16,17). The fourth-order valence-electron chi connectivity index (χ4n) is 2.52. The lowest BCUT2D eigenvalue weighted by atomic mass is 9.99. The van der Waals surface area contributed by atoms with Gasteiger partial charge in [-0.2, -0.15) is 5.10 Å². The molecule has 2 atom stereocenters. The minimum Gasteiger partial charge on any atom is -0.377 e. The third-order valence-electron chi connectivity index (χ3n) is 3.50. The first-order valence-electron chi connectivity index (χ1n) is 6.48. The third kappa shape index (κ3) is 2.04. The Labute approximate surface area is 106 Å². The van der Waals surface area contributed by atoms with Crippen LogP contribution in [0.4, 0.5) is 0 Å². The molecule has 0 saturated carbocycles. The van der Waals surface area contributed by atoms with Crippen molar-refractivity contribution in [1.29, 1.82) is 0 Å². The Hall–Kier alpha value is -1.68. The zero-order valence-electron chi connectivity index (χ0n) is 10.5. The molecule has 0 amide bonds. The number of hydrogen-bond donors (Lipinski definition) is 1. The van der Waals surface area contributed by atoms with Crippen molar-refractivity contribution in [2.24, 2.45) is 0 Å². The Kier molecular flexibility index (Phi) is 3.11. The molecule has 94 valence electrons. The first-order chi connectivity index (χ1) is 8.88. The van der Waals surface area contributed by atoms with Crippen molar-refractivity contribution in [3.8, 4) is 11.4 Å². The minimum absolute atomic E-state index is 0.279. The van der Waals surface area contributed by atoms with Crippen molar-refractivity contribution >= 4 is 0 Å². The van der Waals surface area contributed by atoms with E-state index in [-0.39, 0.29) is 6.10 Å². The molecule has 3 rings (SSSR count). The van der Waals surface area contributed by atoms with Gasteiger partial charge in [-0.05, 0) is 12.8 Å². The van der Waals surface area contributed by atoms with Gasteiger partial charge in [-0.3, -0.25) is 5.10 Å². The molecule has 1 aromatic carbocycles. The summed E-state index contributed by atoms with van der Waals surface area (Å²) in [5.41, 5.74) is 1.05. The number of H-pyrrole nitrogens is 1. The van der Waals surface area contributed by atoms with Gasteiger partial charge in [-0.15, -0.1) is 0 Å². The summed E-state index contributed by atoms with van der Waals surface area (Å²) in [6.45, 7) is 2.97. The van der Waals surface area contributed by atoms with Gasteiger partial charge in [0, 0.05) is 18.1 Å². The number of benzene rings is 1. The molecule has 1 aromatic heterocycles. The lowest BCUT2D eigenvalue weighted by Gasteiger charge is -2.13. The predicted octanol–water partition coefficient (Wildman–Crippen LogP) is 2.75. The van der Waals surface area contributed by atoms with E-state index >= 15 is 0 Å². The molecule has 0 aliphatic carbocycles. The maximum Gasteiger partial charge on any atom is 0.181 e. The van der Waals surface area contributed by atoms with Gasteiger partial charge in [0.15, 0.2) is 5.82 Å². The highest BCUT2D eigenvalue weighted by Crippen LogP contribution is 2.31. The van der Waals surface area contributed by atoms with Crippen LogP contribution in [-0.4, -0.2) is 27.9 Å². The zero-order chi connectivity index (χ0) is 12.4. The van der Waals surface area contributed by atoms with Gasteiger partial charge in [0.2, 0.25) is 0 Å². The average Bonchev–Trinajstić information content (AvgIpc) is 3.08. The number of nitrogens with one attached hydrogen (secondary N) is 1. The van der Waals surface area contributed by atoms with Crippen LogP contribution >= 0.6 is 0 Å². The lowest BCUT2D eigenvalue weighted by molar-refractivity contribution is 0.0995. The van der Waals surface area contributed by atoms with E-state index in [4.69, 9.17) is 4.74 Å². The molecule has 0 radical (unpaired) electrons. The molecule has 1 aliphatic heterocycles. The van der Waals surface area contributed by atoms with Crippen LogP contribution in [0.15, 0.2) is 30.3 Å². The van der Waals surface area contributed by atoms with E-state index in [0.717, 1.165) is 36.7 Å². The monoisotopic (exact) mass is 243 g/mol. The Morgan fingerprint density at radius 2 is 2.17 bits per heavy atom. The van der Waals surface area contributed by atoms with Gasteiger partial charge in [0.1, 0.15) is 5.82 Å². The first kappa shape index (κ1) is 11.4. The van der Waals surface area contributed by atoms with Gasteiger partial charge in [0.05, 0.1) is 6.10 Å². The van der Waals surface area contributed by atoms with Gasteiger partial charge >= 0.3 is 0 Å². The fraction of sp³-hybridized carbons (Fsp3) is 0.429. The summed E-state index contributed by atoms with van der Waals surface area (Å²) in [5, 5.41) is 7.38. The van der Waals surface area contributed by atoms with Gasteiger partial charge in [-0.1, -0.05) is 37.3 Å². The highest BCUT2D eigenvalue weighted by molar-refractivity contribution is 5.53. The summed E-state index contributed by atoms with van der Waals surface area (Å²) < 4.78 is 5.70. The van der Waals surface area contributed by atoms with Crippen molar-refractivity contribution in [2.45, 2.75) is 31.8 Å². The molecule has 1 aliphatic rings. The van der Waals surface area contributed by atoms with Crippen LogP contribution in [0.2, 0.25) is 0 Å². The smallest absolute Gasteiger partial charge is 0.181 e. The van der Waals surface area contributed by atoms with Crippen molar-refractivity contribution in [3.05, 3.63) is 36.2 Å². The average molecular weight is 243 g/mol. The van der Waals surface area contributed by atoms with Crippen LogP contribution in [0, 0.1) is 0 Å². The Morgan fingerprint density at radius 1 is 1.33 bits per heavy atom. The molecule has 0 bridgehead atoms. The second-order valence-electron chi connectivity index (χ2n) is 4.62. The van der Waals surface area contributed by atoms with Crippen LogP contribution in [0.1, 0.15) is 31.5 Å². The van der Waals surface area contributed by atoms with Crippen molar-refractivity contribution in [1.82, 2.24) is 15.2 Å². The van der Waals surface area contributed by atoms with Crippen LogP contribution in [0.3, 0.4) is 0 Å². The Balaban J connectivity index is 1.86. The maximum atomic E-state index is 5.70. The summed E-state index contributed by atoms with van der Waals surface area (Å²) in [5.74, 6) is 2.09. The van der Waals surface area contributed by atoms with E-state index in [9.17, 15) is 0 Å². The molecule has 18 heavy (non-hydrogen) atoms. The SMILES string of the molecule is CCC1OCCC1c1nc(-c2ccccc2)n[nH]1. The van der Waals surface area contributed by atoms with Crippen LogP contribution < -0.4 is 0 Å². The predicted molar refractivity (Wildman–Crippen MR) is 69.2 cm³/mol. The fourth-order valence-corrected chi connectivity index (χ4v) is 2.52. The summed E-state index contributed by atoms with van der Waals surface area (Å²) in [6, 6.07) is 10.0. The molecule has 2 heterocycles. The van der Waals surface area contributed by atoms with Gasteiger partial charge in [-0.25, -0.2) is 4.98 Å². The second kappa shape index (κ2) is 4.90. The van der Waals surface area contributed by atoms with Gasteiger partial charge in [0.25, 0.3) is 0 Å². The number of ether oxygens (including phenoxy) is 1. The van der Waals surface area contributed by atoms with Crippen LogP contribution in [-0.2, 0) is 4.74 Å². The second-order valence-corrected chi connectivity index (χ2v) is 4.62. The molecule has 4 nitrogen and oxygen atoms in total. The molecule has 4 heteroatoms. The molecule has 2 aromatic rings. The molecule has 1 fully saturated rings. The largest absolute Gasteiger partial charge is 0.377 e. The molecule has 2 unspecified atom stereocenters. The summed E-state index contributed by atoms with van der Waals surface area (Å²) in [6.07, 6.45) is 2.33. The van der Waals surface area contributed by atoms with Crippen molar-refractivity contribution in [3.63, 3.8) is 0 Å². The zero-order valence-corrected chi connectivity index (χ0v) is 10.5. The topological polar surface area (TPSA) is 50.8 Å². The number of rotatable bonds is 3. The van der Waals surface area contributed by atoms with E-state index in [2.05, 4.69) is 22.1 Å². The Bertz CT molecular complexity index is 509. The number of nitrogens with zero attached hydrogens (tertiary/aromatic N) is 2. The van der Waals surface area contributed by atoms with Gasteiger partial charge < -0.3 is 4.74 Å². The van der Waals surface area contributed by atoms with Crippen LogP contribution in [0.5, 0.6) is 0 Å². The number of aromatic amines is 1. The van der Waals surface area contributed by atoms with Crippen molar-refractivity contribution < 1.29 is 4.74 Å². The molecular weight excluding hydrogens is 226 g/mol. The normalized spacial score (nSPS) is 23.4. The lowest BCUT2D eigenvalue weighted by Crippen LogP contribution is -2.14. The summed E-state index contributed by atoms with van der Waals surface area (Å²) in [7, 11) is 0. The molecular formula is C14H17N3O. The molecule has 0 spiro atoms. The molecule has 1 N–H and O–H groups in total. The van der Waals surface area contributed by atoms with E-state index in [1.807, 2.05) is 30.3 Å². The quantitative estimate of drug-likeness (QED) is 0.901. The first-order valence-corrected chi connectivity index (χ1v) is 6.48. The highest BCUT2D eigenvalue weighted by Gasteiger charge is 2.30. The van der Waals surface area contributed by atoms with Crippen molar-refractivity contribution in [2.75, 3.05) is 6.61 Å². The van der Waals surface area contributed by atoms with Crippen LogP contribution in [0.25, 0.3) is 11.4 Å². The maximum absolute atomic E-state index is 5.70.